The van der Waals surface area contributed by atoms with Gasteiger partial charge in [0, 0.05) is 15.5 Å². The minimum atomic E-state index is -1.000. The highest BCUT2D eigenvalue weighted by atomic mass is 32.2. The highest BCUT2D eigenvalue weighted by Gasteiger charge is 2.09. The van der Waals surface area contributed by atoms with Crippen LogP contribution in [0, 0.1) is 13.8 Å². The zero-order valence-electron chi connectivity index (χ0n) is 10.8. The van der Waals surface area contributed by atoms with E-state index in [4.69, 9.17) is 10.8 Å². The first-order valence-corrected chi connectivity index (χ1v) is 6.67. The number of carboxylic acid groups (broad SMARTS) is 1. The van der Waals surface area contributed by atoms with Crippen molar-refractivity contribution in [1.29, 1.82) is 0 Å². The molecule has 0 saturated carbocycles. The Labute approximate surface area is 116 Å². The first-order valence-electron chi connectivity index (χ1n) is 5.85. The van der Waals surface area contributed by atoms with Crippen LogP contribution in [-0.2, 0) is 0 Å². The number of nitrogen functional groups attached to an aromatic ring is 1. The van der Waals surface area contributed by atoms with Gasteiger partial charge in [-0.15, -0.1) is 0 Å². The van der Waals surface area contributed by atoms with E-state index < -0.39 is 5.97 Å². The van der Waals surface area contributed by atoms with Gasteiger partial charge in [0.05, 0.1) is 5.56 Å². The van der Waals surface area contributed by atoms with Crippen molar-refractivity contribution >= 4 is 23.4 Å². The monoisotopic (exact) mass is 273 g/mol. The van der Waals surface area contributed by atoms with Gasteiger partial charge in [0.25, 0.3) is 0 Å². The van der Waals surface area contributed by atoms with E-state index in [9.17, 15) is 4.79 Å². The molecule has 0 amide bonds. The third kappa shape index (κ3) is 3.09. The third-order valence-corrected chi connectivity index (χ3v) is 3.95. The van der Waals surface area contributed by atoms with E-state index in [1.165, 1.54) is 22.9 Å². The molecule has 0 unspecified atom stereocenters. The van der Waals surface area contributed by atoms with E-state index in [1.54, 1.807) is 12.1 Å². The van der Waals surface area contributed by atoms with Gasteiger partial charge in [-0.3, -0.25) is 0 Å². The van der Waals surface area contributed by atoms with Gasteiger partial charge < -0.3 is 10.8 Å². The second-order valence-electron chi connectivity index (χ2n) is 4.40. The SMILES string of the molecule is Cc1ccc(Sc2ccc(N)c(C(=O)O)c2)cc1C. The molecule has 0 aromatic heterocycles. The summed E-state index contributed by atoms with van der Waals surface area (Å²) in [5.74, 6) is -1.000. The molecule has 3 nitrogen and oxygen atoms in total. The van der Waals surface area contributed by atoms with Crippen molar-refractivity contribution in [3.63, 3.8) is 0 Å². The molecule has 0 saturated heterocycles. The van der Waals surface area contributed by atoms with E-state index in [-0.39, 0.29) is 11.3 Å². The molecule has 4 heteroatoms. The number of anilines is 1. The number of hydrogen-bond acceptors (Lipinski definition) is 3. The summed E-state index contributed by atoms with van der Waals surface area (Å²) in [4.78, 5) is 13.0. The number of aryl methyl sites for hydroxylation is 2. The molecule has 0 radical (unpaired) electrons. The van der Waals surface area contributed by atoms with E-state index in [1.807, 2.05) is 12.1 Å². The van der Waals surface area contributed by atoms with Gasteiger partial charge >= 0.3 is 5.97 Å². The molecule has 19 heavy (non-hydrogen) atoms. The quantitative estimate of drug-likeness (QED) is 0.836. The molecule has 0 aliphatic heterocycles. The number of nitrogens with two attached hydrogens (primary N) is 1. The standard InChI is InChI=1S/C15H15NO2S/c1-9-3-4-11(7-10(9)2)19-12-5-6-14(16)13(8-12)15(17)18/h3-8H,16H2,1-2H3,(H,17,18). The van der Waals surface area contributed by atoms with Gasteiger partial charge in [0.2, 0.25) is 0 Å². The van der Waals surface area contributed by atoms with Crippen molar-refractivity contribution in [3.05, 3.63) is 53.1 Å². The Kier molecular flexibility index (Phi) is 3.81. The molecule has 0 aliphatic carbocycles. The van der Waals surface area contributed by atoms with Crippen molar-refractivity contribution < 1.29 is 9.90 Å². The zero-order chi connectivity index (χ0) is 14.0. The molecule has 0 heterocycles. The Morgan fingerprint density at radius 3 is 2.32 bits per heavy atom. The van der Waals surface area contributed by atoms with Crippen LogP contribution in [0.4, 0.5) is 5.69 Å². The predicted molar refractivity (Wildman–Crippen MR) is 77.9 cm³/mol. The molecule has 3 N–H and O–H groups in total. The third-order valence-electron chi connectivity index (χ3n) is 2.97. The van der Waals surface area contributed by atoms with Crippen LogP contribution in [0.15, 0.2) is 46.2 Å². The van der Waals surface area contributed by atoms with E-state index in [0.717, 1.165) is 9.79 Å². The average Bonchev–Trinajstić information content (AvgIpc) is 2.36. The summed E-state index contributed by atoms with van der Waals surface area (Å²) < 4.78 is 0. The lowest BCUT2D eigenvalue weighted by Gasteiger charge is -2.07. The number of benzene rings is 2. The van der Waals surface area contributed by atoms with Crippen LogP contribution in [-0.4, -0.2) is 11.1 Å². The first-order chi connectivity index (χ1) is 8.97. The summed E-state index contributed by atoms with van der Waals surface area (Å²) >= 11 is 1.53. The second kappa shape index (κ2) is 5.36. The van der Waals surface area contributed by atoms with Crippen LogP contribution in [0.25, 0.3) is 0 Å². The lowest BCUT2D eigenvalue weighted by Crippen LogP contribution is -2.02. The molecule has 0 bridgehead atoms. The molecule has 0 atom stereocenters. The summed E-state index contributed by atoms with van der Waals surface area (Å²) in [7, 11) is 0. The largest absolute Gasteiger partial charge is 0.478 e. The average molecular weight is 273 g/mol. The minimum Gasteiger partial charge on any atom is -0.478 e. The number of aromatic carboxylic acids is 1. The maximum absolute atomic E-state index is 11.0. The van der Waals surface area contributed by atoms with Crippen molar-refractivity contribution in [1.82, 2.24) is 0 Å². The van der Waals surface area contributed by atoms with Gasteiger partial charge in [0.1, 0.15) is 0 Å². The Bertz CT molecular complexity index is 638. The number of rotatable bonds is 3. The highest BCUT2D eigenvalue weighted by molar-refractivity contribution is 7.99. The van der Waals surface area contributed by atoms with Crippen LogP contribution < -0.4 is 5.73 Å². The lowest BCUT2D eigenvalue weighted by atomic mass is 10.1. The van der Waals surface area contributed by atoms with Crippen molar-refractivity contribution in [2.24, 2.45) is 0 Å². The zero-order valence-corrected chi connectivity index (χ0v) is 11.6. The summed E-state index contributed by atoms with van der Waals surface area (Å²) in [6.07, 6.45) is 0. The van der Waals surface area contributed by atoms with Crippen molar-refractivity contribution in [3.8, 4) is 0 Å². The molecule has 2 aromatic carbocycles. The topological polar surface area (TPSA) is 63.3 Å². The lowest BCUT2D eigenvalue weighted by molar-refractivity contribution is 0.0698. The number of carbonyl (C=O) groups is 1. The van der Waals surface area contributed by atoms with Crippen LogP contribution in [0.1, 0.15) is 21.5 Å². The summed E-state index contributed by atoms with van der Waals surface area (Å²) in [5.41, 5.74) is 8.54. The Morgan fingerprint density at radius 1 is 1.05 bits per heavy atom. The maximum Gasteiger partial charge on any atom is 0.337 e. The maximum atomic E-state index is 11.0. The Morgan fingerprint density at radius 2 is 1.68 bits per heavy atom. The minimum absolute atomic E-state index is 0.147. The fraction of sp³-hybridized carbons (Fsp3) is 0.133. The van der Waals surface area contributed by atoms with Crippen molar-refractivity contribution in [2.45, 2.75) is 23.6 Å². The molecular formula is C15H15NO2S. The van der Waals surface area contributed by atoms with Crippen LogP contribution in [0.3, 0.4) is 0 Å². The smallest absolute Gasteiger partial charge is 0.337 e. The van der Waals surface area contributed by atoms with Crippen molar-refractivity contribution in [2.75, 3.05) is 5.73 Å². The molecular weight excluding hydrogens is 258 g/mol. The van der Waals surface area contributed by atoms with Gasteiger partial charge in [-0.1, -0.05) is 17.8 Å². The van der Waals surface area contributed by atoms with Gasteiger partial charge in [0.15, 0.2) is 0 Å². The summed E-state index contributed by atoms with van der Waals surface area (Å²) in [6.45, 7) is 4.13. The fourth-order valence-corrected chi connectivity index (χ4v) is 2.65. The predicted octanol–water partition coefficient (Wildman–Crippen LogP) is 3.74. The molecule has 0 spiro atoms. The van der Waals surface area contributed by atoms with Crippen LogP contribution in [0.2, 0.25) is 0 Å². The molecule has 0 aliphatic rings. The van der Waals surface area contributed by atoms with E-state index in [0.29, 0.717) is 0 Å². The normalized spacial score (nSPS) is 10.4. The summed E-state index contributed by atoms with van der Waals surface area (Å²) in [6, 6.07) is 11.3. The number of carboxylic acids is 1. The van der Waals surface area contributed by atoms with Gasteiger partial charge in [-0.25, -0.2) is 4.79 Å². The van der Waals surface area contributed by atoms with Gasteiger partial charge in [-0.2, -0.15) is 0 Å². The van der Waals surface area contributed by atoms with E-state index >= 15 is 0 Å². The first kappa shape index (κ1) is 13.5. The number of hydrogen-bond donors (Lipinski definition) is 2. The highest BCUT2D eigenvalue weighted by Crippen LogP contribution is 2.31. The second-order valence-corrected chi connectivity index (χ2v) is 5.55. The van der Waals surface area contributed by atoms with Crippen LogP contribution >= 0.6 is 11.8 Å². The summed E-state index contributed by atoms with van der Waals surface area (Å²) in [5, 5.41) is 9.05. The molecule has 0 fully saturated rings. The molecule has 2 rings (SSSR count). The Hall–Kier alpha value is -1.94. The fourth-order valence-electron chi connectivity index (χ4n) is 1.70. The Balaban J connectivity index is 2.30. The molecule has 98 valence electrons. The van der Waals surface area contributed by atoms with E-state index in [2.05, 4.69) is 26.0 Å². The van der Waals surface area contributed by atoms with Crippen LogP contribution in [0.5, 0.6) is 0 Å². The van der Waals surface area contributed by atoms with Gasteiger partial charge in [-0.05, 0) is 55.3 Å². The molecule has 2 aromatic rings.